The molecule has 1 aromatic carbocycles. The Kier molecular flexibility index (Phi) is 7.44. The van der Waals surface area contributed by atoms with Crippen LogP contribution in [0.4, 0.5) is 0 Å². The van der Waals surface area contributed by atoms with Gasteiger partial charge in [0.1, 0.15) is 0 Å². The van der Waals surface area contributed by atoms with Crippen molar-refractivity contribution in [2.45, 2.75) is 39.2 Å². The molecule has 0 amide bonds. The molecule has 2 rings (SSSR count). The number of likely N-dealkylation sites (tertiary alicyclic amines) is 1. The molecule has 108 valence electrons. The minimum Gasteiger partial charge on any atom is -0.330 e. The quantitative estimate of drug-likeness (QED) is 0.898. The van der Waals surface area contributed by atoms with Crippen molar-refractivity contribution in [1.82, 2.24) is 4.90 Å². The van der Waals surface area contributed by atoms with Crippen LogP contribution in [0.2, 0.25) is 0 Å². The average molecular weight is 283 g/mol. The molecule has 1 unspecified atom stereocenters. The van der Waals surface area contributed by atoms with E-state index in [4.69, 9.17) is 5.73 Å². The number of nitrogens with two attached hydrogens (primary N) is 1. The average Bonchev–Trinajstić information content (AvgIpc) is 2.40. The predicted molar refractivity (Wildman–Crippen MR) is 84.7 cm³/mol. The van der Waals surface area contributed by atoms with E-state index in [1.54, 1.807) is 0 Å². The summed E-state index contributed by atoms with van der Waals surface area (Å²) >= 11 is 0. The van der Waals surface area contributed by atoms with E-state index in [-0.39, 0.29) is 12.4 Å². The Balaban J connectivity index is 0.00000180. The van der Waals surface area contributed by atoms with Crippen molar-refractivity contribution >= 4 is 12.4 Å². The Morgan fingerprint density at radius 1 is 1.26 bits per heavy atom. The van der Waals surface area contributed by atoms with E-state index in [1.165, 1.54) is 43.5 Å². The largest absolute Gasteiger partial charge is 0.330 e. The van der Waals surface area contributed by atoms with Crippen LogP contribution in [0.1, 0.15) is 37.3 Å². The summed E-state index contributed by atoms with van der Waals surface area (Å²) in [6.07, 6.45) is 5.02. The summed E-state index contributed by atoms with van der Waals surface area (Å²) in [4.78, 5) is 2.61. The molecular weight excluding hydrogens is 256 g/mol. The van der Waals surface area contributed by atoms with Gasteiger partial charge in [0.15, 0.2) is 0 Å². The SMILES string of the molecule is CCc1ccccc1CN1CCCC(CCN)C1.Cl. The third kappa shape index (κ3) is 4.79. The zero-order valence-corrected chi connectivity index (χ0v) is 12.8. The van der Waals surface area contributed by atoms with Crippen molar-refractivity contribution in [2.75, 3.05) is 19.6 Å². The molecule has 0 bridgehead atoms. The molecule has 1 fully saturated rings. The first-order valence-corrected chi connectivity index (χ1v) is 7.32. The molecule has 0 aliphatic carbocycles. The number of aryl methyl sites for hydroxylation is 1. The molecular formula is C16H27ClN2. The molecule has 3 heteroatoms. The van der Waals surface area contributed by atoms with Gasteiger partial charge >= 0.3 is 0 Å². The van der Waals surface area contributed by atoms with Gasteiger partial charge in [-0.3, -0.25) is 4.90 Å². The van der Waals surface area contributed by atoms with E-state index in [1.807, 2.05) is 0 Å². The smallest absolute Gasteiger partial charge is 0.0236 e. The predicted octanol–water partition coefficient (Wildman–Crippen LogP) is 3.23. The molecule has 0 aromatic heterocycles. The second-order valence-electron chi connectivity index (χ2n) is 5.44. The summed E-state index contributed by atoms with van der Waals surface area (Å²) in [5, 5.41) is 0. The lowest BCUT2D eigenvalue weighted by atomic mass is 9.94. The van der Waals surface area contributed by atoms with Gasteiger partial charge in [-0.05, 0) is 55.8 Å². The van der Waals surface area contributed by atoms with Gasteiger partial charge in [0.05, 0.1) is 0 Å². The van der Waals surface area contributed by atoms with E-state index in [2.05, 4.69) is 36.1 Å². The summed E-state index contributed by atoms with van der Waals surface area (Å²) in [7, 11) is 0. The number of halogens is 1. The first kappa shape index (κ1) is 16.5. The summed E-state index contributed by atoms with van der Waals surface area (Å²) in [5.41, 5.74) is 8.69. The van der Waals surface area contributed by atoms with E-state index < -0.39 is 0 Å². The molecule has 1 saturated heterocycles. The fraction of sp³-hybridized carbons (Fsp3) is 0.625. The zero-order valence-electron chi connectivity index (χ0n) is 12.0. The van der Waals surface area contributed by atoms with Crippen LogP contribution in [0.15, 0.2) is 24.3 Å². The molecule has 2 N–H and O–H groups in total. The van der Waals surface area contributed by atoms with Crippen molar-refractivity contribution in [1.29, 1.82) is 0 Å². The second kappa shape index (κ2) is 8.57. The first-order valence-electron chi connectivity index (χ1n) is 7.32. The highest BCUT2D eigenvalue weighted by atomic mass is 35.5. The highest BCUT2D eigenvalue weighted by Crippen LogP contribution is 2.21. The van der Waals surface area contributed by atoms with Crippen molar-refractivity contribution in [3.8, 4) is 0 Å². The van der Waals surface area contributed by atoms with Crippen molar-refractivity contribution in [2.24, 2.45) is 11.7 Å². The summed E-state index contributed by atoms with van der Waals surface area (Å²) < 4.78 is 0. The van der Waals surface area contributed by atoms with E-state index in [0.717, 1.165) is 25.4 Å². The lowest BCUT2D eigenvalue weighted by molar-refractivity contribution is 0.163. The van der Waals surface area contributed by atoms with Crippen molar-refractivity contribution < 1.29 is 0 Å². The molecule has 1 heterocycles. The van der Waals surface area contributed by atoms with Crippen LogP contribution < -0.4 is 5.73 Å². The third-order valence-electron chi connectivity index (χ3n) is 4.07. The Morgan fingerprint density at radius 3 is 2.68 bits per heavy atom. The maximum absolute atomic E-state index is 5.68. The molecule has 0 radical (unpaired) electrons. The van der Waals surface area contributed by atoms with E-state index in [0.29, 0.717) is 0 Å². The van der Waals surface area contributed by atoms with E-state index >= 15 is 0 Å². The van der Waals surface area contributed by atoms with E-state index in [9.17, 15) is 0 Å². The number of hydrogen-bond acceptors (Lipinski definition) is 2. The highest BCUT2D eigenvalue weighted by molar-refractivity contribution is 5.85. The van der Waals surface area contributed by atoms with Crippen molar-refractivity contribution in [3.05, 3.63) is 35.4 Å². The number of rotatable bonds is 5. The Labute approximate surface area is 123 Å². The van der Waals surface area contributed by atoms with Crippen LogP contribution >= 0.6 is 12.4 Å². The first-order chi connectivity index (χ1) is 8.83. The number of hydrogen-bond donors (Lipinski definition) is 1. The number of nitrogens with zero attached hydrogens (tertiary/aromatic N) is 1. The molecule has 1 aromatic rings. The summed E-state index contributed by atoms with van der Waals surface area (Å²) in [6.45, 7) is 6.68. The number of benzene rings is 1. The van der Waals surface area contributed by atoms with Crippen LogP contribution in [0.3, 0.4) is 0 Å². The Morgan fingerprint density at radius 2 is 2.00 bits per heavy atom. The standard InChI is InChI=1S/C16H26N2.ClH/c1-2-15-7-3-4-8-16(15)13-18-11-5-6-14(12-18)9-10-17;/h3-4,7-8,14H,2,5-6,9-13,17H2,1H3;1H. The van der Waals surface area contributed by atoms with Crippen LogP contribution in [0.25, 0.3) is 0 Å². The lowest BCUT2D eigenvalue weighted by Gasteiger charge is -2.33. The fourth-order valence-electron chi connectivity index (χ4n) is 3.06. The van der Waals surface area contributed by atoms with Gasteiger partial charge in [0.25, 0.3) is 0 Å². The van der Waals surface area contributed by atoms with Crippen LogP contribution in [0, 0.1) is 5.92 Å². The van der Waals surface area contributed by atoms with Crippen LogP contribution in [0.5, 0.6) is 0 Å². The van der Waals surface area contributed by atoms with Gasteiger partial charge in [-0.15, -0.1) is 12.4 Å². The summed E-state index contributed by atoms with van der Waals surface area (Å²) in [6, 6.07) is 8.85. The van der Waals surface area contributed by atoms with Crippen molar-refractivity contribution in [3.63, 3.8) is 0 Å². The van der Waals surface area contributed by atoms with Gasteiger partial charge < -0.3 is 5.73 Å². The number of piperidine rings is 1. The molecule has 2 nitrogen and oxygen atoms in total. The monoisotopic (exact) mass is 282 g/mol. The van der Waals surface area contributed by atoms with Gasteiger partial charge in [-0.1, -0.05) is 31.2 Å². The molecule has 0 saturated carbocycles. The zero-order chi connectivity index (χ0) is 12.8. The summed E-state index contributed by atoms with van der Waals surface area (Å²) in [5.74, 6) is 0.817. The molecule has 1 atom stereocenters. The molecule has 19 heavy (non-hydrogen) atoms. The normalized spacial score (nSPS) is 20.0. The van der Waals surface area contributed by atoms with Gasteiger partial charge in [0, 0.05) is 13.1 Å². The molecule has 1 aliphatic heterocycles. The van der Waals surface area contributed by atoms with Crippen LogP contribution in [-0.2, 0) is 13.0 Å². The lowest BCUT2D eigenvalue weighted by Crippen LogP contribution is -2.35. The van der Waals surface area contributed by atoms with Crippen LogP contribution in [-0.4, -0.2) is 24.5 Å². The maximum Gasteiger partial charge on any atom is 0.0236 e. The topological polar surface area (TPSA) is 29.3 Å². The fourth-order valence-corrected chi connectivity index (χ4v) is 3.06. The Hall–Kier alpha value is -0.570. The Bertz CT molecular complexity index is 366. The minimum absolute atomic E-state index is 0. The minimum atomic E-state index is 0. The van der Waals surface area contributed by atoms with Gasteiger partial charge in [-0.25, -0.2) is 0 Å². The van der Waals surface area contributed by atoms with Gasteiger partial charge in [0.2, 0.25) is 0 Å². The third-order valence-corrected chi connectivity index (χ3v) is 4.07. The molecule has 0 spiro atoms. The molecule has 1 aliphatic rings. The second-order valence-corrected chi connectivity index (χ2v) is 5.44. The highest BCUT2D eigenvalue weighted by Gasteiger charge is 2.19. The van der Waals surface area contributed by atoms with Gasteiger partial charge in [-0.2, -0.15) is 0 Å². The maximum atomic E-state index is 5.68.